The van der Waals surface area contributed by atoms with Crippen LogP contribution in [-0.2, 0) is 0 Å². The van der Waals surface area contributed by atoms with Gasteiger partial charge in [-0.15, -0.1) is 0 Å². The summed E-state index contributed by atoms with van der Waals surface area (Å²) in [5.74, 6) is 1.12. The minimum atomic E-state index is -0.144. The standard InChI is InChI=1S/C15H21N3O/c16-9-12(10-4-2-1-3-5-10)11-6-7-13-14(8-11)18-15(19)17-13/h6-8,10,12H,1-5,9,16H2,(H2,17,18,19). The number of nitrogens with one attached hydrogen (secondary N) is 2. The van der Waals surface area contributed by atoms with Crippen molar-refractivity contribution in [2.45, 2.75) is 38.0 Å². The fraction of sp³-hybridized carbons (Fsp3) is 0.533. The van der Waals surface area contributed by atoms with Gasteiger partial charge in [0.05, 0.1) is 11.0 Å². The second kappa shape index (κ2) is 5.21. The fourth-order valence-electron chi connectivity index (χ4n) is 3.42. The van der Waals surface area contributed by atoms with Gasteiger partial charge < -0.3 is 15.7 Å². The highest BCUT2D eigenvalue weighted by Crippen LogP contribution is 2.35. The van der Waals surface area contributed by atoms with Crippen LogP contribution in [-0.4, -0.2) is 16.5 Å². The monoisotopic (exact) mass is 259 g/mol. The van der Waals surface area contributed by atoms with Crippen LogP contribution in [0.4, 0.5) is 0 Å². The first-order chi connectivity index (χ1) is 9.28. The first kappa shape index (κ1) is 12.5. The summed E-state index contributed by atoms with van der Waals surface area (Å²) in [5.41, 5.74) is 8.88. The van der Waals surface area contributed by atoms with Crippen LogP contribution in [0, 0.1) is 5.92 Å². The Morgan fingerprint density at radius 2 is 1.89 bits per heavy atom. The first-order valence-corrected chi connectivity index (χ1v) is 7.20. The van der Waals surface area contributed by atoms with Gasteiger partial charge in [0.15, 0.2) is 0 Å². The quantitative estimate of drug-likeness (QED) is 0.792. The highest BCUT2D eigenvalue weighted by molar-refractivity contribution is 5.75. The van der Waals surface area contributed by atoms with E-state index < -0.39 is 0 Å². The van der Waals surface area contributed by atoms with Crippen molar-refractivity contribution in [3.63, 3.8) is 0 Å². The van der Waals surface area contributed by atoms with E-state index in [1.807, 2.05) is 6.07 Å². The van der Waals surface area contributed by atoms with Crippen molar-refractivity contribution in [2.24, 2.45) is 11.7 Å². The molecule has 2 aromatic rings. The van der Waals surface area contributed by atoms with E-state index >= 15 is 0 Å². The summed E-state index contributed by atoms with van der Waals surface area (Å²) in [6.07, 6.45) is 6.57. The normalized spacial score (nSPS) is 18.8. The molecular weight excluding hydrogens is 238 g/mol. The number of rotatable bonds is 3. The van der Waals surface area contributed by atoms with Crippen molar-refractivity contribution >= 4 is 11.0 Å². The zero-order valence-corrected chi connectivity index (χ0v) is 11.1. The topological polar surface area (TPSA) is 74.7 Å². The molecule has 3 rings (SSSR count). The van der Waals surface area contributed by atoms with Gasteiger partial charge in [-0.3, -0.25) is 0 Å². The smallest absolute Gasteiger partial charge is 0.323 e. The Morgan fingerprint density at radius 3 is 2.63 bits per heavy atom. The van der Waals surface area contributed by atoms with Crippen LogP contribution in [0.1, 0.15) is 43.6 Å². The maximum atomic E-state index is 11.3. The predicted molar refractivity (Wildman–Crippen MR) is 77.3 cm³/mol. The Balaban J connectivity index is 1.93. The SMILES string of the molecule is NCC(c1ccc2[nH]c(=O)[nH]c2c1)C1CCCCC1. The molecule has 1 aliphatic carbocycles. The Morgan fingerprint density at radius 1 is 1.16 bits per heavy atom. The summed E-state index contributed by atoms with van der Waals surface area (Å²) in [5, 5.41) is 0. The lowest BCUT2D eigenvalue weighted by atomic mass is 9.77. The van der Waals surface area contributed by atoms with Gasteiger partial charge in [-0.1, -0.05) is 25.3 Å². The second-order valence-electron chi connectivity index (χ2n) is 5.62. The average Bonchev–Trinajstić information content (AvgIpc) is 2.80. The largest absolute Gasteiger partial charge is 0.330 e. The van der Waals surface area contributed by atoms with Gasteiger partial charge in [0.25, 0.3) is 0 Å². The number of H-pyrrole nitrogens is 2. The van der Waals surface area contributed by atoms with E-state index in [9.17, 15) is 4.79 Å². The van der Waals surface area contributed by atoms with Crippen molar-refractivity contribution in [3.05, 3.63) is 34.2 Å². The maximum absolute atomic E-state index is 11.3. The molecule has 19 heavy (non-hydrogen) atoms. The molecule has 0 radical (unpaired) electrons. The van der Waals surface area contributed by atoms with E-state index in [0.29, 0.717) is 18.4 Å². The van der Waals surface area contributed by atoms with E-state index in [-0.39, 0.29) is 5.69 Å². The van der Waals surface area contributed by atoms with Crippen LogP contribution in [0.2, 0.25) is 0 Å². The Kier molecular flexibility index (Phi) is 3.42. The van der Waals surface area contributed by atoms with Crippen molar-refractivity contribution < 1.29 is 0 Å². The lowest BCUT2D eigenvalue weighted by Crippen LogP contribution is -2.23. The van der Waals surface area contributed by atoms with Crippen LogP contribution in [0.25, 0.3) is 11.0 Å². The molecule has 4 heteroatoms. The summed E-state index contributed by atoms with van der Waals surface area (Å²) in [4.78, 5) is 16.9. The number of hydrogen-bond donors (Lipinski definition) is 3. The molecule has 4 nitrogen and oxygen atoms in total. The van der Waals surface area contributed by atoms with Crippen LogP contribution in [0.3, 0.4) is 0 Å². The van der Waals surface area contributed by atoms with Crippen molar-refractivity contribution in [2.75, 3.05) is 6.54 Å². The lowest BCUT2D eigenvalue weighted by Gasteiger charge is -2.29. The van der Waals surface area contributed by atoms with Gasteiger partial charge in [0.1, 0.15) is 0 Å². The van der Waals surface area contributed by atoms with Gasteiger partial charge in [-0.25, -0.2) is 4.79 Å². The average molecular weight is 259 g/mol. The van der Waals surface area contributed by atoms with Crippen molar-refractivity contribution in [1.82, 2.24) is 9.97 Å². The molecule has 0 aliphatic heterocycles. The predicted octanol–water partition coefficient (Wildman–Crippen LogP) is 2.48. The highest BCUT2D eigenvalue weighted by atomic mass is 16.1. The molecule has 1 fully saturated rings. The molecule has 0 bridgehead atoms. The van der Waals surface area contributed by atoms with Crippen molar-refractivity contribution in [1.29, 1.82) is 0 Å². The molecule has 1 unspecified atom stereocenters. The Hall–Kier alpha value is -1.55. The van der Waals surface area contributed by atoms with Gasteiger partial charge in [0.2, 0.25) is 0 Å². The fourth-order valence-corrected chi connectivity index (χ4v) is 3.42. The van der Waals surface area contributed by atoms with E-state index in [2.05, 4.69) is 22.1 Å². The third kappa shape index (κ3) is 2.45. The summed E-state index contributed by atoms with van der Waals surface area (Å²) in [6, 6.07) is 6.17. The zero-order valence-electron chi connectivity index (χ0n) is 11.1. The molecule has 1 saturated carbocycles. The number of fused-ring (bicyclic) bond motifs is 1. The molecule has 4 N–H and O–H groups in total. The summed E-state index contributed by atoms with van der Waals surface area (Å²) in [7, 11) is 0. The van der Waals surface area contributed by atoms with Gasteiger partial charge in [-0.05, 0) is 48.9 Å². The molecule has 0 spiro atoms. The first-order valence-electron chi connectivity index (χ1n) is 7.20. The second-order valence-corrected chi connectivity index (χ2v) is 5.62. The molecule has 1 heterocycles. The molecular formula is C15H21N3O. The molecule has 1 aliphatic rings. The number of aromatic amines is 2. The Bertz CT molecular complexity index is 607. The molecule has 1 aromatic carbocycles. The van der Waals surface area contributed by atoms with Crippen LogP contribution >= 0.6 is 0 Å². The number of hydrogen-bond acceptors (Lipinski definition) is 2. The third-order valence-corrected chi connectivity index (χ3v) is 4.44. The van der Waals surface area contributed by atoms with Crippen molar-refractivity contribution in [3.8, 4) is 0 Å². The molecule has 1 aromatic heterocycles. The van der Waals surface area contributed by atoms with E-state index in [1.54, 1.807) is 0 Å². The summed E-state index contributed by atoms with van der Waals surface area (Å²) >= 11 is 0. The number of benzene rings is 1. The minimum Gasteiger partial charge on any atom is -0.330 e. The van der Waals surface area contributed by atoms with Crippen LogP contribution in [0.15, 0.2) is 23.0 Å². The third-order valence-electron chi connectivity index (χ3n) is 4.44. The van der Waals surface area contributed by atoms with E-state index in [1.165, 1.54) is 37.7 Å². The number of nitrogens with two attached hydrogens (primary N) is 1. The van der Waals surface area contributed by atoms with Gasteiger partial charge in [-0.2, -0.15) is 0 Å². The molecule has 0 amide bonds. The zero-order chi connectivity index (χ0) is 13.2. The molecule has 0 saturated heterocycles. The number of aromatic nitrogens is 2. The van der Waals surface area contributed by atoms with Crippen LogP contribution < -0.4 is 11.4 Å². The lowest BCUT2D eigenvalue weighted by molar-refractivity contribution is 0.307. The Labute approximate surface area is 112 Å². The van der Waals surface area contributed by atoms with E-state index in [4.69, 9.17) is 5.73 Å². The van der Waals surface area contributed by atoms with Gasteiger partial charge in [0, 0.05) is 0 Å². The van der Waals surface area contributed by atoms with Crippen LogP contribution in [0.5, 0.6) is 0 Å². The summed E-state index contributed by atoms with van der Waals surface area (Å²) in [6.45, 7) is 0.685. The van der Waals surface area contributed by atoms with E-state index in [0.717, 1.165) is 11.0 Å². The molecule has 1 atom stereocenters. The minimum absolute atomic E-state index is 0.144. The highest BCUT2D eigenvalue weighted by Gasteiger charge is 2.24. The molecule has 102 valence electrons. The number of imidazole rings is 1. The maximum Gasteiger partial charge on any atom is 0.323 e. The van der Waals surface area contributed by atoms with Gasteiger partial charge >= 0.3 is 5.69 Å². The summed E-state index contributed by atoms with van der Waals surface area (Å²) < 4.78 is 0.